The standard InChI is InChI=1S/C23H20N2O3S/c1-28-21-14-15-22(20-13-8-16-24-23(20)21)29(26,27)25(19-11-6-3-7-12-19)17-18-9-4-2-5-10-18/h2-16H,17H2,1H3. The molecule has 146 valence electrons. The maximum Gasteiger partial charge on any atom is 0.265 e. The van der Waals surface area contributed by atoms with Crippen LogP contribution < -0.4 is 9.04 Å². The number of aromatic nitrogens is 1. The van der Waals surface area contributed by atoms with E-state index >= 15 is 0 Å². The molecule has 0 fully saturated rings. The van der Waals surface area contributed by atoms with Gasteiger partial charge in [0.05, 0.1) is 24.2 Å². The monoisotopic (exact) mass is 404 g/mol. The number of anilines is 1. The maximum atomic E-state index is 13.8. The molecule has 0 atom stereocenters. The number of nitrogens with zero attached hydrogens (tertiary/aromatic N) is 2. The Morgan fingerprint density at radius 3 is 2.24 bits per heavy atom. The van der Waals surface area contributed by atoms with Gasteiger partial charge in [-0.3, -0.25) is 9.29 Å². The smallest absolute Gasteiger partial charge is 0.265 e. The van der Waals surface area contributed by atoms with Crippen LogP contribution in [0.15, 0.2) is 96.0 Å². The maximum absolute atomic E-state index is 13.8. The summed E-state index contributed by atoms with van der Waals surface area (Å²) in [6, 6.07) is 25.4. The second-order valence-electron chi connectivity index (χ2n) is 6.50. The van der Waals surface area contributed by atoms with Gasteiger partial charge < -0.3 is 4.74 Å². The quantitative estimate of drug-likeness (QED) is 0.470. The number of fused-ring (bicyclic) bond motifs is 1. The lowest BCUT2D eigenvalue weighted by Gasteiger charge is -2.25. The van der Waals surface area contributed by atoms with Crippen molar-refractivity contribution in [3.63, 3.8) is 0 Å². The molecule has 1 heterocycles. The van der Waals surface area contributed by atoms with E-state index in [1.165, 1.54) is 4.31 Å². The molecule has 0 N–H and O–H groups in total. The summed E-state index contributed by atoms with van der Waals surface area (Å²) >= 11 is 0. The van der Waals surface area contributed by atoms with Crippen molar-refractivity contribution in [2.45, 2.75) is 11.4 Å². The Morgan fingerprint density at radius 2 is 1.55 bits per heavy atom. The van der Waals surface area contributed by atoms with Crippen LogP contribution in [0.5, 0.6) is 5.75 Å². The molecule has 0 aliphatic carbocycles. The number of benzene rings is 3. The van der Waals surface area contributed by atoms with Crippen LogP contribution in [-0.2, 0) is 16.6 Å². The van der Waals surface area contributed by atoms with E-state index in [9.17, 15) is 8.42 Å². The molecular formula is C23H20N2O3S. The van der Waals surface area contributed by atoms with E-state index in [2.05, 4.69) is 4.98 Å². The molecule has 4 aromatic rings. The first-order valence-electron chi connectivity index (χ1n) is 9.14. The van der Waals surface area contributed by atoms with Gasteiger partial charge in [-0.1, -0.05) is 48.5 Å². The number of ether oxygens (including phenoxy) is 1. The summed E-state index contributed by atoms with van der Waals surface area (Å²) in [5.41, 5.74) is 2.02. The molecule has 0 aliphatic heterocycles. The second kappa shape index (κ2) is 7.93. The average molecular weight is 404 g/mol. The highest BCUT2D eigenvalue weighted by molar-refractivity contribution is 7.93. The number of para-hydroxylation sites is 1. The molecular weight excluding hydrogens is 384 g/mol. The van der Waals surface area contributed by atoms with Crippen molar-refractivity contribution < 1.29 is 13.2 Å². The fourth-order valence-corrected chi connectivity index (χ4v) is 4.93. The number of sulfonamides is 1. The molecule has 0 saturated heterocycles. The van der Waals surface area contributed by atoms with Crippen molar-refractivity contribution in [3.8, 4) is 5.75 Å². The Labute approximate surface area is 170 Å². The van der Waals surface area contributed by atoms with Crippen molar-refractivity contribution in [1.82, 2.24) is 4.98 Å². The zero-order valence-corrected chi connectivity index (χ0v) is 16.7. The summed E-state index contributed by atoms with van der Waals surface area (Å²) in [5, 5.41) is 0.529. The zero-order valence-electron chi connectivity index (χ0n) is 15.9. The van der Waals surface area contributed by atoms with Gasteiger partial charge in [-0.15, -0.1) is 0 Å². The van der Waals surface area contributed by atoms with E-state index < -0.39 is 10.0 Å². The Balaban J connectivity index is 1.89. The third kappa shape index (κ3) is 3.67. The van der Waals surface area contributed by atoms with Crippen molar-refractivity contribution in [2.24, 2.45) is 0 Å². The van der Waals surface area contributed by atoms with Crippen LogP contribution in [0.3, 0.4) is 0 Å². The van der Waals surface area contributed by atoms with Crippen LogP contribution in [0.2, 0.25) is 0 Å². The highest BCUT2D eigenvalue weighted by Gasteiger charge is 2.28. The Bertz CT molecular complexity index is 1230. The summed E-state index contributed by atoms with van der Waals surface area (Å²) in [4.78, 5) is 4.53. The minimum Gasteiger partial charge on any atom is -0.494 e. The van der Waals surface area contributed by atoms with Gasteiger partial charge in [-0.05, 0) is 42.0 Å². The fourth-order valence-electron chi connectivity index (χ4n) is 3.29. The summed E-state index contributed by atoms with van der Waals surface area (Å²) in [5.74, 6) is 0.536. The van der Waals surface area contributed by atoms with Gasteiger partial charge in [0, 0.05) is 11.6 Å². The highest BCUT2D eigenvalue weighted by atomic mass is 32.2. The first kappa shape index (κ1) is 19.0. The van der Waals surface area contributed by atoms with Crippen LogP contribution in [-0.4, -0.2) is 20.5 Å². The van der Waals surface area contributed by atoms with Crippen molar-refractivity contribution in [1.29, 1.82) is 0 Å². The minimum atomic E-state index is -3.87. The molecule has 4 rings (SSSR count). The normalized spacial score (nSPS) is 11.3. The van der Waals surface area contributed by atoms with Gasteiger partial charge in [-0.25, -0.2) is 8.42 Å². The first-order chi connectivity index (χ1) is 14.1. The number of methoxy groups -OCH3 is 1. The Hall–Kier alpha value is -3.38. The molecule has 3 aromatic carbocycles. The number of hydrogen-bond donors (Lipinski definition) is 0. The van der Waals surface area contributed by atoms with Gasteiger partial charge in [0.2, 0.25) is 0 Å². The number of pyridine rings is 1. The van der Waals surface area contributed by atoms with E-state index in [4.69, 9.17) is 4.74 Å². The first-order valence-corrected chi connectivity index (χ1v) is 10.6. The molecule has 0 unspecified atom stereocenters. The van der Waals surface area contributed by atoms with E-state index in [1.54, 1.807) is 49.7 Å². The van der Waals surface area contributed by atoms with Gasteiger partial charge in [0.15, 0.2) is 0 Å². The number of hydrogen-bond acceptors (Lipinski definition) is 4. The van der Waals surface area contributed by atoms with E-state index in [1.807, 2.05) is 48.5 Å². The molecule has 0 bridgehead atoms. The molecule has 0 spiro atoms. The lowest BCUT2D eigenvalue weighted by molar-refractivity contribution is 0.418. The van der Waals surface area contributed by atoms with E-state index in [0.29, 0.717) is 22.3 Å². The Kier molecular flexibility index (Phi) is 5.18. The third-order valence-electron chi connectivity index (χ3n) is 4.69. The van der Waals surface area contributed by atoms with Gasteiger partial charge in [0.1, 0.15) is 11.3 Å². The molecule has 29 heavy (non-hydrogen) atoms. The van der Waals surface area contributed by atoms with Crippen LogP contribution in [0, 0.1) is 0 Å². The predicted molar refractivity (Wildman–Crippen MR) is 115 cm³/mol. The molecule has 0 radical (unpaired) electrons. The molecule has 5 nitrogen and oxygen atoms in total. The van der Waals surface area contributed by atoms with Crippen molar-refractivity contribution >= 4 is 26.6 Å². The summed E-state index contributed by atoms with van der Waals surface area (Å²) in [6.45, 7) is 0.223. The van der Waals surface area contributed by atoms with Gasteiger partial charge >= 0.3 is 0 Å². The van der Waals surface area contributed by atoms with Crippen LogP contribution >= 0.6 is 0 Å². The van der Waals surface area contributed by atoms with E-state index in [-0.39, 0.29) is 11.4 Å². The van der Waals surface area contributed by atoms with E-state index in [0.717, 1.165) is 5.56 Å². The average Bonchev–Trinajstić information content (AvgIpc) is 2.77. The zero-order chi connectivity index (χ0) is 20.3. The van der Waals surface area contributed by atoms with Gasteiger partial charge in [-0.2, -0.15) is 0 Å². The summed E-state index contributed by atoms with van der Waals surface area (Å²) in [6.07, 6.45) is 1.63. The van der Waals surface area contributed by atoms with Gasteiger partial charge in [0.25, 0.3) is 10.0 Å². The van der Waals surface area contributed by atoms with Crippen LogP contribution in [0.1, 0.15) is 5.56 Å². The predicted octanol–water partition coefficient (Wildman–Crippen LogP) is 4.64. The van der Waals surface area contributed by atoms with Crippen LogP contribution in [0.25, 0.3) is 10.9 Å². The Morgan fingerprint density at radius 1 is 0.862 bits per heavy atom. The molecule has 1 aromatic heterocycles. The molecule has 0 amide bonds. The number of rotatable bonds is 6. The summed E-state index contributed by atoms with van der Waals surface area (Å²) in [7, 11) is -2.32. The SMILES string of the molecule is COc1ccc(S(=O)(=O)N(Cc2ccccc2)c2ccccc2)c2cccnc12. The third-order valence-corrected chi connectivity index (χ3v) is 6.53. The molecule has 0 saturated carbocycles. The lowest BCUT2D eigenvalue weighted by atomic mass is 10.2. The largest absolute Gasteiger partial charge is 0.494 e. The van der Waals surface area contributed by atoms with Crippen molar-refractivity contribution in [3.05, 3.63) is 96.7 Å². The lowest BCUT2D eigenvalue weighted by Crippen LogP contribution is -2.30. The molecule has 0 aliphatic rings. The summed E-state index contributed by atoms with van der Waals surface area (Å²) < 4.78 is 34.4. The molecule has 6 heteroatoms. The second-order valence-corrected chi connectivity index (χ2v) is 8.33. The highest BCUT2D eigenvalue weighted by Crippen LogP contribution is 2.33. The fraction of sp³-hybridized carbons (Fsp3) is 0.0870. The van der Waals surface area contributed by atoms with Crippen molar-refractivity contribution in [2.75, 3.05) is 11.4 Å². The topological polar surface area (TPSA) is 59.5 Å². The minimum absolute atomic E-state index is 0.196. The van der Waals surface area contributed by atoms with Crippen LogP contribution in [0.4, 0.5) is 5.69 Å².